The second kappa shape index (κ2) is 12.5. The lowest BCUT2D eigenvalue weighted by Gasteiger charge is -2.20. The largest absolute Gasteiger partial charge is 0.332 e. The van der Waals surface area contributed by atoms with Gasteiger partial charge in [-0.15, -0.1) is 22.6 Å². The monoisotopic (exact) mass is 590 g/mol. The van der Waals surface area contributed by atoms with E-state index in [1.807, 2.05) is 30.0 Å². The number of nitrogens with zero attached hydrogens (tertiary/aromatic N) is 6. The molecule has 2 aromatic heterocycles. The zero-order valence-electron chi connectivity index (χ0n) is 24.4. The minimum atomic E-state index is 0. The van der Waals surface area contributed by atoms with Crippen molar-refractivity contribution in [2.45, 2.75) is 64.2 Å². The minimum absolute atomic E-state index is 0. The molecule has 0 N–H and O–H groups in total. The summed E-state index contributed by atoms with van der Waals surface area (Å²) in [6.45, 7) is 10.2. The molecule has 2 aliphatic heterocycles. The maximum Gasteiger partial charge on any atom is 0.254 e. The summed E-state index contributed by atoms with van der Waals surface area (Å²) in [5.41, 5.74) is 8.01. The highest BCUT2D eigenvalue weighted by Crippen LogP contribution is 2.31. The SMILES string of the molecule is Cc1ccc2c(-c3nnc(SCCCCN4CCc5cc6c(cc5CC4)C(=O)N(C(C)C)C6)n3C)cccc2n1.Cl. The first kappa shape index (κ1) is 29.5. The standard InChI is InChI=1S/C32H38N6OS.ClH/c1-21(2)38-20-25-18-23-12-15-37(16-13-24(23)19-28(25)31(38)39)14-5-6-17-40-32-35-34-30(36(32)4)27-8-7-9-29-26(27)11-10-22(3)33-29;/h7-11,18-19,21H,5-6,12-17,20H2,1-4H3;1H. The van der Waals surface area contributed by atoms with Crippen molar-refractivity contribution in [3.05, 3.63) is 70.4 Å². The van der Waals surface area contributed by atoms with Gasteiger partial charge in [0.2, 0.25) is 0 Å². The molecule has 2 aromatic carbocycles. The lowest BCUT2D eigenvalue weighted by molar-refractivity contribution is 0.0730. The van der Waals surface area contributed by atoms with Crippen LogP contribution in [0.4, 0.5) is 0 Å². The fourth-order valence-electron chi connectivity index (χ4n) is 5.98. The third-order valence-corrected chi connectivity index (χ3v) is 9.43. The number of hydrogen-bond acceptors (Lipinski definition) is 6. The van der Waals surface area contributed by atoms with Gasteiger partial charge in [0.25, 0.3) is 5.91 Å². The van der Waals surface area contributed by atoms with Crippen molar-refractivity contribution < 1.29 is 4.79 Å². The van der Waals surface area contributed by atoms with Crippen LogP contribution in [0.1, 0.15) is 59.4 Å². The summed E-state index contributed by atoms with van der Waals surface area (Å²) >= 11 is 1.78. The molecule has 4 heterocycles. The van der Waals surface area contributed by atoms with Gasteiger partial charge < -0.3 is 14.4 Å². The predicted octanol–water partition coefficient (Wildman–Crippen LogP) is 6.10. The highest BCUT2D eigenvalue weighted by atomic mass is 35.5. The molecule has 0 aliphatic carbocycles. The van der Waals surface area contributed by atoms with Crippen molar-refractivity contribution in [3.8, 4) is 11.4 Å². The Morgan fingerprint density at radius 3 is 2.51 bits per heavy atom. The Bertz CT molecular complexity index is 1570. The van der Waals surface area contributed by atoms with Gasteiger partial charge in [-0.05, 0) is 87.9 Å². The van der Waals surface area contributed by atoms with Crippen LogP contribution in [-0.2, 0) is 26.4 Å². The van der Waals surface area contributed by atoms with Crippen LogP contribution in [0.2, 0.25) is 0 Å². The van der Waals surface area contributed by atoms with E-state index in [2.05, 4.69) is 69.8 Å². The zero-order valence-corrected chi connectivity index (χ0v) is 26.0. The molecule has 1 amide bonds. The summed E-state index contributed by atoms with van der Waals surface area (Å²) in [6.07, 6.45) is 4.40. The number of rotatable bonds is 8. The molecule has 216 valence electrons. The Balaban J connectivity index is 0.00000337. The number of pyridine rings is 1. The number of carbonyl (C=O) groups excluding carboxylic acids is 1. The molecule has 0 spiro atoms. The second-order valence-corrected chi connectivity index (χ2v) is 12.5. The number of thioether (sulfide) groups is 1. The van der Waals surface area contributed by atoms with Gasteiger partial charge in [-0.1, -0.05) is 36.0 Å². The highest BCUT2D eigenvalue weighted by molar-refractivity contribution is 7.99. The second-order valence-electron chi connectivity index (χ2n) is 11.4. The molecule has 2 aliphatic rings. The number of unbranched alkanes of at least 4 members (excludes halogenated alkanes) is 1. The van der Waals surface area contributed by atoms with Gasteiger partial charge in [0.05, 0.1) is 5.52 Å². The number of hydrogen-bond donors (Lipinski definition) is 0. The molecular weight excluding hydrogens is 552 g/mol. The van der Waals surface area contributed by atoms with Gasteiger partial charge in [0, 0.05) is 60.7 Å². The molecule has 0 unspecified atom stereocenters. The molecule has 0 saturated carbocycles. The number of halogens is 1. The van der Waals surface area contributed by atoms with Gasteiger partial charge in [-0.2, -0.15) is 0 Å². The molecule has 9 heteroatoms. The Hall–Kier alpha value is -2.94. The van der Waals surface area contributed by atoms with Crippen LogP contribution in [0.25, 0.3) is 22.3 Å². The number of aromatic nitrogens is 4. The van der Waals surface area contributed by atoms with Gasteiger partial charge in [0.15, 0.2) is 11.0 Å². The normalized spacial score (nSPS) is 15.2. The molecule has 41 heavy (non-hydrogen) atoms. The van der Waals surface area contributed by atoms with Crippen molar-refractivity contribution in [3.63, 3.8) is 0 Å². The van der Waals surface area contributed by atoms with Gasteiger partial charge >= 0.3 is 0 Å². The van der Waals surface area contributed by atoms with Crippen molar-refractivity contribution in [2.24, 2.45) is 7.05 Å². The van der Waals surface area contributed by atoms with Crippen molar-refractivity contribution in [2.75, 3.05) is 25.4 Å². The fourth-order valence-corrected chi connectivity index (χ4v) is 6.89. The average molecular weight is 591 g/mol. The van der Waals surface area contributed by atoms with Crippen LogP contribution in [0, 0.1) is 6.92 Å². The number of benzene rings is 2. The summed E-state index contributed by atoms with van der Waals surface area (Å²) in [4.78, 5) is 22.1. The van der Waals surface area contributed by atoms with Crippen molar-refractivity contribution in [1.29, 1.82) is 0 Å². The van der Waals surface area contributed by atoms with Crippen LogP contribution in [0.3, 0.4) is 0 Å². The molecule has 0 radical (unpaired) electrons. The fraction of sp³-hybridized carbons (Fsp3) is 0.438. The summed E-state index contributed by atoms with van der Waals surface area (Å²) in [6, 6.07) is 15.1. The maximum atomic E-state index is 12.8. The summed E-state index contributed by atoms with van der Waals surface area (Å²) in [5.74, 6) is 2.11. The van der Waals surface area contributed by atoms with E-state index in [0.29, 0.717) is 0 Å². The van der Waals surface area contributed by atoms with Crippen LogP contribution >= 0.6 is 24.2 Å². The smallest absolute Gasteiger partial charge is 0.254 e. The van der Waals surface area contributed by atoms with E-state index in [0.717, 1.165) is 89.9 Å². The first-order valence-corrected chi connectivity index (χ1v) is 15.4. The number of aryl methyl sites for hydroxylation is 1. The van der Waals surface area contributed by atoms with Crippen LogP contribution in [-0.4, -0.2) is 66.9 Å². The Kier molecular flexibility index (Phi) is 9.02. The molecule has 0 fully saturated rings. The van der Waals surface area contributed by atoms with E-state index in [1.54, 1.807) is 11.8 Å². The van der Waals surface area contributed by atoms with Gasteiger partial charge in [-0.25, -0.2) is 0 Å². The maximum absolute atomic E-state index is 12.8. The number of carbonyl (C=O) groups is 1. The molecule has 0 saturated heterocycles. The van der Waals surface area contributed by atoms with E-state index in [-0.39, 0.29) is 24.4 Å². The number of amides is 1. The first-order chi connectivity index (χ1) is 19.4. The molecule has 6 rings (SSSR count). The zero-order chi connectivity index (χ0) is 27.8. The highest BCUT2D eigenvalue weighted by Gasteiger charge is 2.30. The molecule has 4 aromatic rings. The van der Waals surface area contributed by atoms with Crippen LogP contribution in [0.15, 0.2) is 47.6 Å². The third-order valence-electron chi connectivity index (χ3n) is 8.32. The van der Waals surface area contributed by atoms with E-state index in [4.69, 9.17) is 0 Å². The average Bonchev–Trinajstić information content (AvgIpc) is 3.39. The predicted molar refractivity (Wildman–Crippen MR) is 169 cm³/mol. The van der Waals surface area contributed by atoms with Crippen LogP contribution in [0.5, 0.6) is 0 Å². The summed E-state index contributed by atoms with van der Waals surface area (Å²) in [5, 5.41) is 11.1. The quantitative estimate of drug-likeness (QED) is 0.182. The lowest BCUT2D eigenvalue weighted by atomic mass is 9.97. The summed E-state index contributed by atoms with van der Waals surface area (Å²) < 4.78 is 2.10. The first-order valence-electron chi connectivity index (χ1n) is 14.5. The third kappa shape index (κ3) is 6.01. The molecule has 0 bridgehead atoms. The van der Waals surface area contributed by atoms with E-state index < -0.39 is 0 Å². The van der Waals surface area contributed by atoms with Crippen molar-refractivity contribution in [1.82, 2.24) is 29.5 Å². The Morgan fingerprint density at radius 2 is 1.73 bits per heavy atom. The number of fused-ring (bicyclic) bond motifs is 3. The molecule has 0 atom stereocenters. The Morgan fingerprint density at radius 1 is 0.951 bits per heavy atom. The Labute approximate surface area is 253 Å². The van der Waals surface area contributed by atoms with Crippen molar-refractivity contribution >= 4 is 41.0 Å². The van der Waals surface area contributed by atoms with E-state index in [9.17, 15) is 4.79 Å². The molecule has 7 nitrogen and oxygen atoms in total. The minimum Gasteiger partial charge on any atom is -0.332 e. The van der Waals surface area contributed by atoms with Gasteiger partial charge in [-0.3, -0.25) is 9.78 Å². The van der Waals surface area contributed by atoms with Crippen LogP contribution < -0.4 is 0 Å². The van der Waals surface area contributed by atoms with E-state index in [1.165, 1.54) is 23.1 Å². The summed E-state index contributed by atoms with van der Waals surface area (Å²) in [7, 11) is 2.05. The lowest BCUT2D eigenvalue weighted by Crippen LogP contribution is -2.30. The topological polar surface area (TPSA) is 67.2 Å². The van der Waals surface area contributed by atoms with Gasteiger partial charge in [0.1, 0.15) is 0 Å². The van der Waals surface area contributed by atoms with E-state index >= 15 is 0 Å². The molecular formula is C32H39ClN6OS.